The lowest BCUT2D eigenvalue weighted by Gasteiger charge is -2.28. The molecule has 3 rings (SSSR count). The van der Waals surface area contributed by atoms with Gasteiger partial charge in [-0.3, -0.25) is 9.78 Å². The monoisotopic (exact) mass is 394 g/mol. The number of hydrogen-bond donors (Lipinski definition) is 0. The predicted molar refractivity (Wildman–Crippen MR) is 109 cm³/mol. The molecule has 1 aliphatic heterocycles. The van der Waals surface area contributed by atoms with Gasteiger partial charge in [0.25, 0.3) is 5.91 Å². The van der Waals surface area contributed by atoms with Crippen LogP contribution >= 0.6 is 0 Å². The lowest BCUT2D eigenvalue weighted by Crippen LogP contribution is -2.44. The summed E-state index contributed by atoms with van der Waals surface area (Å²) in [5, 5.41) is 0. The first kappa shape index (κ1) is 20.6. The number of pyridine rings is 1. The molecule has 2 amide bonds. The summed E-state index contributed by atoms with van der Waals surface area (Å²) in [7, 11) is 0. The van der Waals surface area contributed by atoms with E-state index in [0.29, 0.717) is 25.2 Å². The van der Waals surface area contributed by atoms with Crippen molar-refractivity contribution in [1.82, 2.24) is 9.88 Å². The Morgan fingerprint density at radius 2 is 1.83 bits per heavy atom. The van der Waals surface area contributed by atoms with E-state index in [1.165, 1.54) is 6.08 Å². The van der Waals surface area contributed by atoms with Crippen molar-refractivity contribution in [2.75, 3.05) is 6.61 Å². The fourth-order valence-electron chi connectivity index (χ4n) is 3.08. The van der Waals surface area contributed by atoms with Gasteiger partial charge in [0.05, 0.1) is 6.61 Å². The van der Waals surface area contributed by atoms with Gasteiger partial charge in [0.15, 0.2) is 0 Å². The molecular weight excluding hydrogens is 368 g/mol. The first-order valence-corrected chi connectivity index (χ1v) is 9.68. The number of carbonyl (C=O) groups is 2. The highest BCUT2D eigenvalue weighted by atomic mass is 16.6. The Bertz CT molecular complexity index is 873. The molecule has 1 aromatic heterocycles. The van der Waals surface area contributed by atoms with Crippen molar-refractivity contribution in [3.63, 3.8) is 0 Å². The van der Waals surface area contributed by atoms with Gasteiger partial charge in [-0.15, -0.1) is 0 Å². The van der Waals surface area contributed by atoms with Crippen LogP contribution in [0.3, 0.4) is 0 Å². The normalized spacial score (nSPS) is 16.5. The van der Waals surface area contributed by atoms with Gasteiger partial charge in [0.1, 0.15) is 17.4 Å². The van der Waals surface area contributed by atoms with E-state index in [1.807, 2.05) is 48.5 Å². The van der Waals surface area contributed by atoms with E-state index < -0.39 is 23.6 Å². The van der Waals surface area contributed by atoms with E-state index in [4.69, 9.17) is 9.47 Å². The third-order valence-electron chi connectivity index (χ3n) is 4.36. The summed E-state index contributed by atoms with van der Waals surface area (Å²) >= 11 is 0. The quantitative estimate of drug-likeness (QED) is 0.743. The Labute approximate surface area is 171 Å². The molecule has 0 unspecified atom stereocenters. The molecule has 152 valence electrons. The van der Waals surface area contributed by atoms with E-state index in [9.17, 15) is 9.59 Å². The summed E-state index contributed by atoms with van der Waals surface area (Å²) in [6, 6.07) is 14.9. The average Bonchev–Trinajstić information content (AvgIpc) is 2.97. The zero-order valence-electron chi connectivity index (χ0n) is 17.0. The number of aromatic nitrogens is 1. The lowest BCUT2D eigenvalue weighted by molar-refractivity contribution is -0.125. The number of benzene rings is 1. The average molecular weight is 394 g/mol. The van der Waals surface area contributed by atoms with E-state index in [0.717, 1.165) is 16.2 Å². The molecule has 1 aliphatic rings. The van der Waals surface area contributed by atoms with E-state index in [1.54, 1.807) is 27.0 Å². The standard InChI is InChI=1S/C23H26N2O4/c1-23(2,3)29-22(27)25-19(15-17-9-5-4-6-10-17)20(16-21(25)26)28-14-12-18-11-7-8-13-24-18/h4-11,13,16,19H,12,14-15H2,1-3H3/t19-/m0/s1. The van der Waals surface area contributed by atoms with Gasteiger partial charge in [0, 0.05) is 30.8 Å². The lowest BCUT2D eigenvalue weighted by atomic mass is 10.0. The third-order valence-corrected chi connectivity index (χ3v) is 4.36. The first-order chi connectivity index (χ1) is 13.8. The van der Waals surface area contributed by atoms with Crippen molar-refractivity contribution in [2.45, 2.75) is 45.3 Å². The van der Waals surface area contributed by atoms with Gasteiger partial charge >= 0.3 is 6.09 Å². The van der Waals surface area contributed by atoms with Gasteiger partial charge in [0.2, 0.25) is 0 Å². The summed E-state index contributed by atoms with van der Waals surface area (Å²) in [6.07, 6.45) is 3.52. The molecule has 0 radical (unpaired) electrons. The van der Waals surface area contributed by atoms with Gasteiger partial charge in [-0.2, -0.15) is 0 Å². The second-order valence-corrected chi connectivity index (χ2v) is 7.86. The smallest absolute Gasteiger partial charge is 0.418 e. The van der Waals surface area contributed by atoms with Crippen LogP contribution in [0, 0.1) is 0 Å². The SMILES string of the molecule is CC(C)(C)OC(=O)N1C(=O)C=C(OCCc2ccccn2)[C@@H]1Cc1ccccc1. The number of nitrogens with zero attached hydrogens (tertiary/aromatic N) is 2. The molecular formula is C23H26N2O4. The van der Waals surface area contributed by atoms with Crippen LogP contribution in [0.2, 0.25) is 0 Å². The summed E-state index contributed by atoms with van der Waals surface area (Å²) in [4.78, 5) is 30.7. The zero-order valence-corrected chi connectivity index (χ0v) is 17.0. The molecule has 0 N–H and O–H groups in total. The highest BCUT2D eigenvalue weighted by Crippen LogP contribution is 2.26. The Morgan fingerprint density at radius 1 is 1.10 bits per heavy atom. The summed E-state index contributed by atoms with van der Waals surface area (Å²) in [5.74, 6) is 0.0497. The first-order valence-electron chi connectivity index (χ1n) is 9.68. The number of carbonyl (C=O) groups excluding carboxylic acids is 2. The fourth-order valence-corrected chi connectivity index (χ4v) is 3.08. The predicted octanol–water partition coefficient (Wildman–Crippen LogP) is 3.91. The van der Waals surface area contributed by atoms with E-state index >= 15 is 0 Å². The Kier molecular flexibility index (Phi) is 6.32. The number of hydrogen-bond acceptors (Lipinski definition) is 5. The van der Waals surface area contributed by atoms with Gasteiger partial charge < -0.3 is 9.47 Å². The van der Waals surface area contributed by atoms with Crippen molar-refractivity contribution in [1.29, 1.82) is 0 Å². The van der Waals surface area contributed by atoms with Crippen LogP contribution in [0.5, 0.6) is 0 Å². The van der Waals surface area contributed by atoms with Gasteiger partial charge in [-0.1, -0.05) is 36.4 Å². The minimum absolute atomic E-state index is 0.365. The molecule has 0 fully saturated rings. The fraction of sp³-hybridized carbons (Fsp3) is 0.348. The van der Waals surface area contributed by atoms with Crippen LogP contribution in [-0.4, -0.2) is 40.1 Å². The van der Waals surface area contributed by atoms with Crippen molar-refractivity contribution in [2.24, 2.45) is 0 Å². The number of rotatable bonds is 6. The highest BCUT2D eigenvalue weighted by molar-refractivity contribution is 6.02. The summed E-state index contributed by atoms with van der Waals surface area (Å²) in [6.45, 7) is 5.68. The largest absolute Gasteiger partial charge is 0.495 e. The molecule has 0 aliphatic carbocycles. The molecule has 1 atom stereocenters. The molecule has 1 aromatic carbocycles. The molecule has 2 heterocycles. The van der Waals surface area contributed by atoms with E-state index in [2.05, 4.69) is 4.98 Å². The topological polar surface area (TPSA) is 68.7 Å². The number of imide groups is 1. The van der Waals surface area contributed by atoms with Crippen LogP contribution in [-0.2, 0) is 27.1 Å². The molecule has 0 saturated carbocycles. The minimum atomic E-state index is -0.697. The number of ether oxygens (including phenoxy) is 2. The van der Waals surface area contributed by atoms with Gasteiger partial charge in [-0.25, -0.2) is 9.69 Å². The van der Waals surface area contributed by atoms with E-state index in [-0.39, 0.29) is 0 Å². The zero-order chi connectivity index (χ0) is 20.9. The third kappa shape index (κ3) is 5.67. The van der Waals surface area contributed by atoms with Crippen LogP contribution in [0.1, 0.15) is 32.0 Å². The summed E-state index contributed by atoms with van der Waals surface area (Å²) < 4.78 is 11.4. The molecule has 0 bridgehead atoms. The Hall–Kier alpha value is -3.15. The van der Waals surface area contributed by atoms with Crippen molar-refractivity contribution in [3.05, 3.63) is 77.8 Å². The Morgan fingerprint density at radius 3 is 2.48 bits per heavy atom. The van der Waals surface area contributed by atoms with Crippen molar-refractivity contribution in [3.8, 4) is 0 Å². The van der Waals surface area contributed by atoms with Crippen LogP contribution in [0.15, 0.2) is 66.6 Å². The molecule has 6 heteroatoms. The van der Waals surface area contributed by atoms with Crippen LogP contribution in [0.4, 0.5) is 4.79 Å². The molecule has 0 saturated heterocycles. The highest BCUT2D eigenvalue weighted by Gasteiger charge is 2.40. The number of amides is 2. The van der Waals surface area contributed by atoms with Crippen molar-refractivity contribution < 1.29 is 19.1 Å². The molecule has 29 heavy (non-hydrogen) atoms. The second kappa shape index (κ2) is 8.90. The second-order valence-electron chi connectivity index (χ2n) is 7.86. The van der Waals surface area contributed by atoms with Crippen molar-refractivity contribution >= 4 is 12.0 Å². The molecule has 6 nitrogen and oxygen atoms in total. The summed E-state index contributed by atoms with van der Waals surface area (Å²) in [5.41, 5.74) is 1.21. The maximum Gasteiger partial charge on any atom is 0.418 e. The maximum atomic E-state index is 12.7. The van der Waals surface area contributed by atoms with Gasteiger partial charge in [-0.05, 0) is 38.5 Å². The molecule has 2 aromatic rings. The molecule has 0 spiro atoms. The minimum Gasteiger partial charge on any atom is -0.495 e. The van der Waals surface area contributed by atoms with Crippen LogP contribution in [0.25, 0.3) is 0 Å². The maximum absolute atomic E-state index is 12.7. The van der Waals surface area contributed by atoms with Crippen LogP contribution < -0.4 is 0 Å². The Balaban J connectivity index is 1.75.